The first-order valence-electron chi connectivity index (χ1n) is 10.4. The number of amides is 1. The van der Waals surface area contributed by atoms with Crippen LogP contribution in [0.15, 0.2) is 42.5 Å². The molecule has 2 aromatic rings. The third-order valence-electron chi connectivity index (χ3n) is 4.98. The van der Waals surface area contributed by atoms with E-state index in [2.05, 4.69) is 35.3 Å². The largest absolute Gasteiger partial charge is 0.494 e. The summed E-state index contributed by atoms with van der Waals surface area (Å²) < 4.78 is 16.7. The van der Waals surface area contributed by atoms with E-state index in [9.17, 15) is 4.79 Å². The molecule has 0 radical (unpaired) electrons. The van der Waals surface area contributed by atoms with Gasteiger partial charge in [0.2, 0.25) is 0 Å². The molecule has 1 fully saturated rings. The smallest absolute Gasteiger partial charge is 0.255 e. The molecule has 0 aromatic heterocycles. The van der Waals surface area contributed by atoms with E-state index in [0.29, 0.717) is 12.4 Å². The third kappa shape index (κ3) is 6.37. The third-order valence-corrected chi connectivity index (χ3v) is 4.98. The van der Waals surface area contributed by atoms with Crippen molar-refractivity contribution in [3.63, 3.8) is 0 Å². The van der Waals surface area contributed by atoms with E-state index in [1.807, 2.05) is 25.1 Å². The fraction of sp³-hybridized carbons (Fsp3) is 0.435. The van der Waals surface area contributed by atoms with Crippen molar-refractivity contribution in [2.75, 3.05) is 44.8 Å². The molecule has 0 aliphatic carbocycles. The van der Waals surface area contributed by atoms with Crippen LogP contribution in [-0.4, -0.2) is 50.3 Å². The Kier molecular flexibility index (Phi) is 7.93. The van der Waals surface area contributed by atoms with Crippen LogP contribution in [-0.2, 0) is 16.1 Å². The zero-order valence-electron chi connectivity index (χ0n) is 17.7. The number of carbonyl (C=O) groups excluding carboxylic acids is 1. The molecule has 162 valence electrons. The zero-order chi connectivity index (χ0) is 21.3. The number of benzene rings is 2. The summed E-state index contributed by atoms with van der Waals surface area (Å²) in [5, 5.41) is 3.50. The maximum atomic E-state index is 10.9. The van der Waals surface area contributed by atoms with Crippen molar-refractivity contribution in [1.29, 1.82) is 0 Å². The molecular weight excluding hydrogens is 382 g/mol. The highest BCUT2D eigenvalue weighted by Crippen LogP contribution is 2.28. The SMILES string of the molecule is CCOc1ccc(C(C)Nc2cccc(OCC(N)=O)c2)cc1CN1CCOCC1. The summed E-state index contributed by atoms with van der Waals surface area (Å²) >= 11 is 0. The van der Waals surface area contributed by atoms with Crippen molar-refractivity contribution < 1.29 is 19.0 Å². The summed E-state index contributed by atoms with van der Waals surface area (Å²) in [5.41, 5.74) is 8.42. The van der Waals surface area contributed by atoms with Gasteiger partial charge >= 0.3 is 0 Å². The van der Waals surface area contributed by atoms with Crippen molar-refractivity contribution in [1.82, 2.24) is 4.90 Å². The minimum absolute atomic E-state index is 0.0792. The highest BCUT2D eigenvalue weighted by molar-refractivity contribution is 5.75. The lowest BCUT2D eigenvalue weighted by Crippen LogP contribution is -2.35. The van der Waals surface area contributed by atoms with E-state index in [1.165, 1.54) is 11.1 Å². The van der Waals surface area contributed by atoms with E-state index < -0.39 is 5.91 Å². The lowest BCUT2D eigenvalue weighted by atomic mass is 10.0. The fourth-order valence-electron chi connectivity index (χ4n) is 3.45. The first-order valence-corrected chi connectivity index (χ1v) is 10.4. The van der Waals surface area contributed by atoms with Crippen molar-refractivity contribution in [3.05, 3.63) is 53.6 Å². The Hall–Kier alpha value is -2.77. The molecular formula is C23H31N3O4. The van der Waals surface area contributed by atoms with Crippen LogP contribution < -0.4 is 20.5 Å². The van der Waals surface area contributed by atoms with Crippen LogP contribution in [0.25, 0.3) is 0 Å². The first kappa shape index (κ1) is 21.9. The molecule has 1 heterocycles. The molecule has 2 aromatic carbocycles. The summed E-state index contributed by atoms with van der Waals surface area (Å²) in [5.74, 6) is 1.04. The number of anilines is 1. The van der Waals surface area contributed by atoms with Crippen LogP contribution in [0.4, 0.5) is 5.69 Å². The average Bonchev–Trinajstić information content (AvgIpc) is 2.74. The maximum absolute atomic E-state index is 10.9. The van der Waals surface area contributed by atoms with Gasteiger partial charge in [-0.1, -0.05) is 12.1 Å². The number of hydrogen-bond acceptors (Lipinski definition) is 6. The Morgan fingerprint density at radius 2 is 2.00 bits per heavy atom. The number of primary amides is 1. The van der Waals surface area contributed by atoms with Gasteiger partial charge in [-0.2, -0.15) is 0 Å². The van der Waals surface area contributed by atoms with Gasteiger partial charge in [-0.25, -0.2) is 0 Å². The normalized spacial score (nSPS) is 15.4. The minimum atomic E-state index is -0.496. The second kappa shape index (κ2) is 10.8. The number of nitrogens with zero attached hydrogens (tertiary/aromatic N) is 1. The quantitative estimate of drug-likeness (QED) is 0.623. The Bertz CT molecular complexity index is 837. The topological polar surface area (TPSA) is 86.0 Å². The minimum Gasteiger partial charge on any atom is -0.494 e. The molecule has 1 aliphatic rings. The summed E-state index contributed by atoms with van der Waals surface area (Å²) in [6.45, 7) is 8.88. The van der Waals surface area contributed by atoms with Gasteiger partial charge in [0.15, 0.2) is 6.61 Å². The molecule has 7 nitrogen and oxygen atoms in total. The monoisotopic (exact) mass is 413 g/mol. The van der Waals surface area contributed by atoms with Crippen LogP contribution in [0.1, 0.15) is 31.0 Å². The van der Waals surface area contributed by atoms with Gasteiger partial charge in [0.05, 0.1) is 19.8 Å². The lowest BCUT2D eigenvalue weighted by Gasteiger charge is -2.28. The Labute approximate surface area is 178 Å². The predicted molar refractivity (Wildman–Crippen MR) is 117 cm³/mol. The predicted octanol–water partition coefficient (Wildman–Crippen LogP) is 2.95. The molecule has 7 heteroatoms. The van der Waals surface area contributed by atoms with Gasteiger partial charge in [-0.15, -0.1) is 0 Å². The molecule has 0 bridgehead atoms. The van der Waals surface area contributed by atoms with E-state index in [4.69, 9.17) is 19.9 Å². The summed E-state index contributed by atoms with van der Waals surface area (Å²) in [6, 6.07) is 14.0. The van der Waals surface area contributed by atoms with Crippen molar-refractivity contribution in [2.45, 2.75) is 26.4 Å². The van der Waals surface area contributed by atoms with Crippen LogP contribution in [0.2, 0.25) is 0 Å². The van der Waals surface area contributed by atoms with Crippen LogP contribution in [0.3, 0.4) is 0 Å². The second-order valence-corrected chi connectivity index (χ2v) is 7.34. The highest BCUT2D eigenvalue weighted by atomic mass is 16.5. The average molecular weight is 414 g/mol. The number of rotatable bonds is 10. The Morgan fingerprint density at radius 1 is 1.20 bits per heavy atom. The Morgan fingerprint density at radius 3 is 2.73 bits per heavy atom. The molecule has 1 saturated heterocycles. The molecule has 1 aliphatic heterocycles. The lowest BCUT2D eigenvalue weighted by molar-refractivity contribution is -0.119. The fourth-order valence-corrected chi connectivity index (χ4v) is 3.45. The molecule has 1 unspecified atom stereocenters. The standard InChI is InChI=1S/C23H31N3O4/c1-3-29-22-8-7-18(13-19(22)15-26-9-11-28-12-10-26)17(2)25-20-5-4-6-21(14-20)30-16-23(24)27/h4-8,13-14,17,25H,3,9-12,15-16H2,1-2H3,(H2,24,27). The van der Waals surface area contributed by atoms with Gasteiger partial charge in [0.1, 0.15) is 11.5 Å². The summed E-state index contributed by atoms with van der Waals surface area (Å²) in [6.07, 6.45) is 0. The zero-order valence-corrected chi connectivity index (χ0v) is 17.7. The van der Waals surface area contributed by atoms with E-state index in [-0.39, 0.29) is 12.6 Å². The molecule has 0 spiro atoms. The van der Waals surface area contributed by atoms with Gasteiger partial charge < -0.3 is 25.3 Å². The molecule has 1 atom stereocenters. The van der Waals surface area contributed by atoms with E-state index >= 15 is 0 Å². The summed E-state index contributed by atoms with van der Waals surface area (Å²) in [7, 11) is 0. The van der Waals surface area contributed by atoms with Crippen LogP contribution in [0.5, 0.6) is 11.5 Å². The number of hydrogen-bond donors (Lipinski definition) is 2. The summed E-state index contributed by atoms with van der Waals surface area (Å²) in [4.78, 5) is 13.3. The number of carbonyl (C=O) groups is 1. The van der Waals surface area contributed by atoms with Crippen LogP contribution >= 0.6 is 0 Å². The molecule has 3 N–H and O–H groups in total. The maximum Gasteiger partial charge on any atom is 0.255 e. The van der Waals surface area contributed by atoms with Crippen molar-refractivity contribution >= 4 is 11.6 Å². The molecule has 30 heavy (non-hydrogen) atoms. The van der Waals surface area contributed by atoms with Gasteiger partial charge in [0.25, 0.3) is 5.91 Å². The van der Waals surface area contributed by atoms with E-state index in [0.717, 1.165) is 44.3 Å². The van der Waals surface area contributed by atoms with Gasteiger partial charge in [0, 0.05) is 43.0 Å². The first-order chi connectivity index (χ1) is 14.5. The number of nitrogens with two attached hydrogens (primary N) is 1. The second-order valence-electron chi connectivity index (χ2n) is 7.34. The van der Waals surface area contributed by atoms with Crippen molar-refractivity contribution in [2.24, 2.45) is 5.73 Å². The van der Waals surface area contributed by atoms with E-state index in [1.54, 1.807) is 6.07 Å². The molecule has 3 rings (SSSR count). The Balaban J connectivity index is 1.71. The van der Waals surface area contributed by atoms with Crippen molar-refractivity contribution in [3.8, 4) is 11.5 Å². The van der Waals surface area contributed by atoms with Gasteiger partial charge in [-0.3, -0.25) is 9.69 Å². The number of morpholine rings is 1. The van der Waals surface area contributed by atoms with Gasteiger partial charge in [-0.05, 0) is 43.7 Å². The van der Waals surface area contributed by atoms with Crippen LogP contribution in [0, 0.1) is 0 Å². The molecule has 1 amide bonds. The number of ether oxygens (including phenoxy) is 3. The number of nitrogens with one attached hydrogen (secondary N) is 1. The highest BCUT2D eigenvalue weighted by Gasteiger charge is 2.16. The molecule has 0 saturated carbocycles.